The summed E-state index contributed by atoms with van der Waals surface area (Å²) in [7, 11) is 1.60. The average molecular weight is 518 g/mol. The molecule has 6 rings (SSSR count). The summed E-state index contributed by atoms with van der Waals surface area (Å²) >= 11 is 14.0. The minimum Gasteiger partial charge on any atom is -0.495 e. The summed E-state index contributed by atoms with van der Waals surface area (Å²) in [6, 6.07) is 23.6. The van der Waals surface area contributed by atoms with E-state index in [4.69, 9.17) is 33.5 Å². The summed E-state index contributed by atoms with van der Waals surface area (Å²) in [5.41, 5.74) is 3.79. The maximum Gasteiger partial charge on any atom is 0.194 e. The molecule has 0 aliphatic carbocycles. The lowest BCUT2D eigenvalue weighted by atomic mass is 10.0. The van der Waals surface area contributed by atoms with Crippen LogP contribution in [-0.2, 0) is 0 Å². The van der Waals surface area contributed by atoms with Crippen LogP contribution < -0.4 is 15.0 Å². The first-order chi connectivity index (χ1) is 17.1. The van der Waals surface area contributed by atoms with E-state index < -0.39 is 0 Å². The van der Waals surface area contributed by atoms with E-state index in [2.05, 4.69) is 31.9 Å². The molecule has 6 nitrogen and oxygen atoms in total. The Bertz CT molecular complexity index is 1500. The summed E-state index contributed by atoms with van der Waals surface area (Å²) in [5, 5.41) is 5.52. The number of benzene rings is 2. The van der Waals surface area contributed by atoms with E-state index in [-0.39, 0.29) is 12.1 Å². The molecule has 0 bridgehead atoms. The maximum atomic E-state index is 6.51. The average Bonchev–Trinajstić information content (AvgIpc) is 3.60. The number of para-hydroxylation sites is 1. The van der Waals surface area contributed by atoms with Gasteiger partial charge in [0.25, 0.3) is 0 Å². The van der Waals surface area contributed by atoms with Crippen molar-refractivity contribution >= 4 is 56.2 Å². The van der Waals surface area contributed by atoms with E-state index >= 15 is 0 Å². The Kier molecular flexibility index (Phi) is 5.64. The molecule has 1 aliphatic rings. The molecule has 0 unspecified atom stereocenters. The fraction of sp³-hybridized carbons (Fsp3) is 0.115. The lowest BCUT2D eigenvalue weighted by Gasteiger charge is -2.28. The first-order valence-corrected chi connectivity index (χ1v) is 12.6. The van der Waals surface area contributed by atoms with Gasteiger partial charge in [-0.05, 0) is 66.8 Å². The number of ether oxygens (including phenoxy) is 1. The van der Waals surface area contributed by atoms with Crippen LogP contribution >= 0.6 is 35.2 Å². The third-order valence-electron chi connectivity index (χ3n) is 6.08. The molecule has 174 valence electrons. The highest BCUT2D eigenvalue weighted by Gasteiger charge is 2.42. The van der Waals surface area contributed by atoms with Crippen molar-refractivity contribution in [1.82, 2.24) is 19.9 Å². The first kappa shape index (κ1) is 22.0. The summed E-state index contributed by atoms with van der Waals surface area (Å²) in [5.74, 6) is 0.615. The Labute approximate surface area is 216 Å². The number of hydrogen-bond acceptors (Lipinski definition) is 5. The number of nitrogens with zero attached hydrogens (tertiary/aromatic N) is 4. The Hall–Kier alpha value is -3.46. The minimum atomic E-state index is -0.191. The highest BCUT2D eigenvalue weighted by Crippen LogP contribution is 2.44. The monoisotopic (exact) mass is 517 g/mol. The second-order valence-corrected chi connectivity index (χ2v) is 9.89. The zero-order chi connectivity index (χ0) is 23.9. The molecule has 2 aromatic carbocycles. The van der Waals surface area contributed by atoms with Crippen molar-refractivity contribution in [2.75, 3.05) is 12.0 Å². The summed E-state index contributed by atoms with van der Waals surface area (Å²) in [6.45, 7) is 0. The molecular formula is C26H20ClN5OS2. The third-order valence-corrected chi connectivity index (χ3v) is 7.73. The number of pyridine rings is 1. The Morgan fingerprint density at radius 1 is 1.06 bits per heavy atom. The van der Waals surface area contributed by atoms with Gasteiger partial charge in [-0.15, -0.1) is 0 Å². The number of halogens is 1. The van der Waals surface area contributed by atoms with Gasteiger partial charge >= 0.3 is 0 Å². The van der Waals surface area contributed by atoms with Crippen LogP contribution in [-0.4, -0.2) is 26.8 Å². The van der Waals surface area contributed by atoms with Gasteiger partial charge in [-0.2, -0.15) is 0 Å². The summed E-state index contributed by atoms with van der Waals surface area (Å²) in [4.78, 5) is 11.6. The Morgan fingerprint density at radius 3 is 2.69 bits per heavy atom. The van der Waals surface area contributed by atoms with Crippen molar-refractivity contribution in [3.05, 3.63) is 102 Å². The molecule has 3 aromatic heterocycles. The van der Waals surface area contributed by atoms with Gasteiger partial charge < -0.3 is 15.0 Å². The number of aromatic nitrogens is 3. The quantitative estimate of drug-likeness (QED) is 0.275. The molecular weight excluding hydrogens is 498 g/mol. The van der Waals surface area contributed by atoms with E-state index in [1.54, 1.807) is 24.6 Å². The molecule has 0 radical (unpaired) electrons. The normalized spacial score (nSPS) is 17.7. The fourth-order valence-corrected chi connectivity index (χ4v) is 6.08. The fourth-order valence-electron chi connectivity index (χ4n) is 4.51. The lowest BCUT2D eigenvalue weighted by molar-refractivity contribution is 0.415. The SMILES string of the molecule is COc1ccc(N2C(=S)N[C@H](c3ccccn3)[C@@H]2c2cccn2-c2nc3ccccc3s2)cc1Cl. The predicted molar refractivity (Wildman–Crippen MR) is 145 cm³/mol. The molecule has 4 heterocycles. The number of thiazole rings is 1. The van der Waals surface area contributed by atoms with Gasteiger partial charge in [0.1, 0.15) is 11.8 Å². The Balaban J connectivity index is 1.51. The minimum absolute atomic E-state index is 0.174. The van der Waals surface area contributed by atoms with Gasteiger partial charge in [0, 0.05) is 18.1 Å². The van der Waals surface area contributed by atoms with E-state index in [1.807, 2.05) is 66.9 Å². The van der Waals surface area contributed by atoms with Gasteiger partial charge in [-0.25, -0.2) is 4.98 Å². The van der Waals surface area contributed by atoms with Crippen LogP contribution in [0, 0.1) is 0 Å². The second kappa shape index (κ2) is 8.96. The van der Waals surface area contributed by atoms with Crippen molar-refractivity contribution in [1.29, 1.82) is 0 Å². The van der Waals surface area contributed by atoms with E-state index in [9.17, 15) is 0 Å². The highest BCUT2D eigenvalue weighted by atomic mass is 35.5. The van der Waals surface area contributed by atoms with Crippen LogP contribution in [0.4, 0.5) is 5.69 Å². The Morgan fingerprint density at radius 2 is 1.91 bits per heavy atom. The van der Waals surface area contributed by atoms with E-state index in [1.165, 1.54) is 0 Å². The highest BCUT2D eigenvalue weighted by molar-refractivity contribution is 7.80. The van der Waals surface area contributed by atoms with Gasteiger partial charge in [-0.3, -0.25) is 9.55 Å². The van der Waals surface area contributed by atoms with Gasteiger partial charge in [0.2, 0.25) is 0 Å². The predicted octanol–water partition coefficient (Wildman–Crippen LogP) is 6.32. The molecule has 35 heavy (non-hydrogen) atoms. The van der Waals surface area contributed by atoms with E-state index in [0.29, 0.717) is 15.9 Å². The van der Waals surface area contributed by atoms with Crippen LogP contribution in [0.25, 0.3) is 15.3 Å². The number of anilines is 1. The number of thiocarbonyl (C=S) groups is 1. The van der Waals surface area contributed by atoms with Crippen LogP contribution in [0.2, 0.25) is 5.02 Å². The molecule has 1 fully saturated rings. The number of fused-ring (bicyclic) bond motifs is 1. The van der Waals surface area contributed by atoms with Gasteiger partial charge in [0.05, 0.1) is 39.8 Å². The second-order valence-electron chi connectivity index (χ2n) is 8.08. The number of nitrogens with one attached hydrogen (secondary N) is 1. The standard InChI is InChI=1S/C26H20ClN5OS2/c1-33-21-12-11-16(15-17(21)27)32-24(23(30-25(32)34)19-8-4-5-13-28-19)20-9-6-14-31(20)26-29-18-7-2-3-10-22(18)35-26/h2-15,23-24H,1H3,(H,30,34)/t23-,24+/m1/s1. The van der Waals surface area contributed by atoms with Crippen LogP contribution in [0.15, 0.2) is 85.2 Å². The zero-order valence-electron chi connectivity index (χ0n) is 18.6. The number of methoxy groups -OCH3 is 1. The molecule has 1 saturated heterocycles. The first-order valence-electron chi connectivity index (χ1n) is 11.0. The largest absolute Gasteiger partial charge is 0.495 e. The third kappa shape index (κ3) is 3.83. The lowest BCUT2D eigenvalue weighted by Crippen LogP contribution is -2.30. The molecule has 2 atom stereocenters. The zero-order valence-corrected chi connectivity index (χ0v) is 21.0. The van der Waals surface area contributed by atoms with Crippen molar-refractivity contribution < 1.29 is 4.74 Å². The molecule has 5 aromatic rings. The van der Waals surface area contributed by atoms with Crippen LogP contribution in [0.5, 0.6) is 5.75 Å². The number of rotatable bonds is 5. The smallest absolute Gasteiger partial charge is 0.194 e. The molecule has 0 spiro atoms. The van der Waals surface area contributed by atoms with Crippen molar-refractivity contribution in [2.45, 2.75) is 12.1 Å². The molecule has 0 amide bonds. The van der Waals surface area contributed by atoms with Crippen molar-refractivity contribution in [3.63, 3.8) is 0 Å². The summed E-state index contributed by atoms with van der Waals surface area (Å²) in [6.07, 6.45) is 3.85. The number of hydrogen-bond donors (Lipinski definition) is 1. The van der Waals surface area contributed by atoms with Crippen molar-refractivity contribution in [3.8, 4) is 10.9 Å². The molecule has 1 aliphatic heterocycles. The van der Waals surface area contributed by atoms with Gasteiger partial charge in [-0.1, -0.05) is 41.1 Å². The molecule has 1 N–H and O–H groups in total. The van der Waals surface area contributed by atoms with Gasteiger partial charge in [0.15, 0.2) is 10.2 Å². The van der Waals surface area contributed by atoms with Crippen molar-refractivity contribution in [2.24, 2.45) is 0 Å². The van der Waals surface area contributed by atoms with E-state index in [0.717, 1.165) is 32.4 Å². The molecule has 9 heteroatoms. The molecule has 0 saturated carbocycles. The topological polar surface area (TPSA) is 55.2 Å². The summed E-state index contributed by atoms with van der Waals surface area (Å²) < 4.78 is 8.64. The van der Waals surface area contributed by atoms with Crippen LogP contribution in [0.3, 0.4) is 0 Å². The van der Waals surface area contributed by atoms with Crippen LogP contribution in [0.1, 0.15) is 23.5 Å². The maximum absolute atomic E-state index is 6.51.